The SMILES string of the molecule is COCCOCCOCCOC(C)Oc1cccc2cc(C)ccc12. The Bertz CT molecular complexity index is 629. The third kappa shape index (κ3) is 7.00. The minimum absolute atomic E-state index is 0.339. The molecule has 0 spiro atoms. The van der Waals surface area contributed by atoms with E-state index in [2.05, 4.69) is 31.2 Å². The average Bonchev–Trinajstić information content (AvgIpc) is 2.60. The van der Waals surface area contributed by atoms with Crippen molar-refractivity contribution in [2.45, 2.75) is 20.1 Å². The Kier molecular flexibility index (Phi) is 8.69. The molecule has 2 aromatic carbocycles. The van der Waals surface area contributed by atoms with E-state index >= 15 is 0 Å². The van der Waals surface area contributed by atoms with Crippen LogP contribution in [0, 0.1) is 6.92 Å². The van der Waals surface area contributed by atoms with Gasteiger partial charge in [-0.1, -0.05) is 35.9 Å². The van der Waals surface area contributed by atoms with E-state index in [1.54, 1.807) is 7.11 Å². The summed E-state index contributed by atoms with van der Waals surface area (Å²) in [5, 5.41) is 2.26. The number of rotatable bonds is 12. The highest BCUT2D eigenvalue weighted by atomic mass is 16.7. The Hall–Kier alpha value is -1.66. The highest BCUT2D eigenvalue weighted by Gasteiger charge is 2.07. The molecule has 5 heteroatoms. The third-order valence-electron chi connectivity index (χ3n) is 3.67. The monoisotopic (exact) mass is 348 g/mol. The molecule has 0 bridgehead atoms. The molecule has 1 unspecified atom stereocenters. The molecule has 0 saturated heterocycles. The molecule has 0 saturated carbocycles. The van der Waals surface area contributed by atoms with Crippen molar-refractivity contribution in [2.24, 2.45) is 0 Å². The van der Waals surface area contributed by atoms with Crippen molar-refractivity contribution in [3.05, 3.63) is 42.0 Å². The van der Waals surface area contributed by atoms with Gasteiger partial charge >= 0.3 is 0 Å². The predicted molar refractivity (Wildman–Crippen MR) is 98.2 cm³/mol. The van der Waals surface area contributed by atoms with Crippen molar-refractivity contribution in [2.75, 3.05) is 46.8 Å². The average molecular weight is 348 g/mol. The highest BCUT2D eigenvalue weighted by molar-refractivity contribution is 5.88. The first-order valence-corrected chi connectivity index (χ1v) is 8.63. The second-order valence-corrected chi connectivity index (χ2v) is 5.75. The number of hydrogen-bond donors (Lipinski definition) is 0. The number of benzene rings is 2. The molecule has 0 aliphatic carbocycles. The van der Waals surface area contributed by atoms with E-state index < -0.39 is 0 Å². The van der Waals surface area contributed by atoms with E-state index in [4.69, 9.17) is 23.7 Å². The first-order chi connectivity index (χ1) is 12.2. The zero-order valence-corrected chi connectivity index (χ0v) is 15.3. The van der Waals surface area contributed by atoms with E-state index in [1.807, 2.05) is 19.1 Å². The highest BCUT2D eigenvalue weighted by Crippen LogP contribution is 2.27. The molecule has 1 atom stereocenters. The van der Waals surface area contributed by atoms with Crippen molar-refractivity contribution in [1.29, 1.82) is 0 Å². The normalized spacial score (nSPS) is 12.4. The van der Waals surface area contributed by atoms with Gasteiger partial charge in [0.05, 0.1) is 39.6 Å². The van der Waals surface area contributed by atoms with Gasteiger partial charge in [0.25, 0.3) is 0 Å². The number of methoxy groups -OCH3 is 1. The number of hydrogen-bond acceptors (Lipinski definition) is 5. The number of ether oxygens (including phenoxy) is 5. The van der Waals surface area contributed by atoms with Crippen molar-refractivity contribution in [1.82, 2.24) is 0 Å². The summed E-state index contributed by atoms with van der Waals surface area (Å²) in [6.45, 7) is 7.26. The molecule has 0 fully saturated rings. The fourth-order valence-corrected chi connectivity index (χ4v) is 2.43. The predicted octanol–water partition coefficient (Wildman–Crippen LogP) is 3.57. The Morgan fingerprint density at radius 3 is 2.36 bits per heavy atom. The lowest BCUT2D eigenvalue weighted by molar-refractivity contribution is -0.0858. The van der Waals surface area contributed by atoms with Crippen LogP contribution in [-0.2, 0) is 18.9 Å². The van der Waals surface area contributed by atoms with Crippen LogP contribution in [0.4, 0.5) is 0 Å². The van der Waals surface area contributed by atoms with Gasteiger partial charge in [0.15, 0.2) is 6.29 Å². The molecule has 0 heterocycles. The molecular weight excluding hydrogens is 320 g/mol. The van der Waals surface area contributed by atoms with Gasteiger partial charge in [-0.15, -0.1) is 0 Å². The van der Waals surface area contributed by atoms with Crippen LogP contribution < -0.4 is 4.74 Å². The van der Waals surface area contributed by atoms with E-state index in [9.17, 15) is 0 Å². The van der Waals surface area contributed by atoms with Crippen molar-refractivity contribution < 1.29 is 23.7 Å². The van der Waals surface area contributed by atoms with Crippen LogP contribution in [0.1, 0.15) is 12.5 Å². The lowest BCUT2D eigenvalue weighted by Crippen LogP contribution is -2.20. The molecule has 138 valence electrons. The minimum Gasteiger partial charge on any atom is -0.465 e. The smallest absolute Gasteiger partial charge is 0.197 e. The van der Waals surface area contributed by atoms with E-state index in [0.29, 0.717) is 39.6 Å². The first kappa shape index (κ1) is 19.7. The second kappa shape index (κ2) is 11.1. The van der Waals surface area contributed by atoms with Gasteiger partial charge < -0.3 is 23.7 Å². The van der Waals surface area contributed by atoms with Crippen LogP contribution in [0.2, 0.25) is 0 Å². The summed E-state index contributed by atoms with van der Waals surface area (Å²) in [5.41, 5.74) is 1.23. The van der Waals surface area contributed by atoms with Gasteiger partial charge in [0, 0.05) is 12.5 Å². The molecule has 0 aliphatic rings. The molecule has 0 aliphatic heterocycles. The fraction of sp³-hybridized carbons (Fsp3) is 0.500. The summed E-state index contributed by atoms with van der Waals surface area (Å²) in [5.74, 6) is 0.831. The molecule has 25 heavy (non-hydrogen) atoms. The van der Waals surface area contributed by atoms with Crippen LogP contribution in [0.5, 0.6) is 5.75 Å². The van der Waals surface area contributed by atoms with Crippen LogP contribution in [-0.4, -0.2) is 53.0 Å². The topological polar surface area (TPSA) is 46.2 Å². The van der Waals surface area contributed by atoms with Gasteiger partial charge in [-0.25, -0.2) is 0 Å². The fourth-order valence-electron chi connectivity index (χ4n) is 2.43. The Morgan fingerprint density at radius 2 is 1.60 bits per heavy atom. The Morgan fingerprint density at radius 1 is 0.880 bits per heavy atom. The van der Waals surface area contributed by atoms with Crippen molar-refractivity contribution >= 4 is 10.8 Å². The van der Waals surface area contributed by atoms with Gasteiger partial charge in [-0.3, -0.25) is 0 Å². The zero-order valence-electron chi connectivity index (χ0n) is 15.3. The van der Waals surface area contributed by atoms with E-state index in [-0.39, 0.29) is 6.29 Å². The second-order valence-electron chi connectivity index (χ2n) is 5.75. The van der Waals surface area contributed by atoms with Gasteiger partial charge in [0.2, 0.25) is 0 Å². The van der Waals surface area contributed by atoms with Crippen LogP contribution >= 0.6 is 0 Å². The Balaban J connectivity index is 1.66. The quantitative estimate of drug-likeness (QED) is 0.433. The van der Waals surface area contributed by atoms with Crippen LogP contribution in [0.15, 0.2) is 36.4 Å². The molecule has 0 N–H and O–H groups in total. The lowest BCUT2D eigenvalue weighted by atomic mass is 10.1. The van der Waals surface area contributed by atoms with Crippen molar-refractivity contribution in [3.63, 3.8) is 0 Å². The van der Waals surface area contributed by atoms with Crippen LogP contribution in [0.3, 0.4) is 0 Å². The molecule has 5 nitrogen and oxygen atoms in total. The zero-order chi connectivity index (χ0) is 17.9. The summed E-state index contributed by atoms with van der Waals surface area (Å²) in [7, 11) is 1.65. The molecular formula is C20H28O5. The molecule has 0 amide bonds. The molecule has 0 radical (unpaired) electrons. The Labute approximate surface area is 149 Å². The first-order valence-electron chi connectivity index (χ1n) is 8.63. The van der Waals surface area contributed by atoms with Gasteiger partial charge in [0.1, 0.15) is 5.75 Å². The summed E-state index contributed by atoms with van der Waals surface area (Å²) < 4.78 is 27.2. The largest absolute Gasteiger partial charge is 0.465 e. The summed E-state index contributed by atoms with van der Waals surface area (Å²) >= 11 is 0. The standard InChI is InChI=1S/C20H28O5/c1-16-7-8-19-18(15-16)5-4-6-20(19)25-17(2)24-14-13-23-12-11-22-10-9-21-3/h4-8,15,17H,9-14H2,1-3H3. The number of fused-ring (bicyclic) bond motifs is 1. The van der Waals surface area contributed by atoms with E-state index in [1.165, 1.54) is 10.9 Å². The third-order valence-corrected chi connectivity index (χ3v) is 3.67. The lowest BCUT2D eigenvalue weighted by Gasteiger charge is -2.17. The maximum atomic E-state index is 5.92. The van der Waals surface area contributed by atoms with Crippen molar-refractivity contribution in [3.8, 4) is 5.75 Å². The maximum absolute atomic E-state index is 5.92. The molecule has 0 aromatic heterocycles. The molecule has 2 aromatic rings. The summed E-state index contributed by atoms with van der Waals surface area (Å²) in [6.07, 6.45) is -0.339. The van der Waals surface area contributed by atoms with Gasteiger partial charge in [-0.05, 0) is 25.3 Å². The molecule has 2 rings (SSSR count). The van der Waals surface area contributed by atoms with E-state index in [0.717, 1.165) is 11.1 Å². The maximum Gasteiger partial charge on any atom is 0.197 e. The van der Waals surface area contributed by atoms with Gasteiger partial charge in [-0.2, -0.15) is 0 Å². The van der Waals surface area contributed by atoms with Crippen LogP contribution in [0.25, 0.3) is 10.8 Å². The summed E-state index contributed by atoms with van der Waals surface area (Å²) in [4.78, 5) is 0. The summed E-state index contributed by atoms with van der Waals surface area (Å²) in [6, 6.07) is 12.4. The minimum atomic E-state index is -0.339. The number of aryl methyl sites for hydroxylation is 1.